The van der Waals surface area contributed by atoms with Gasteiger partial charge < -0.3 is 14.9 Å². The van der Waals surface area contributed by atoms with E-state index in [2.05, 4.69) is 0 Å². The van der Waals surface area contributed by atoms with Gasteiger partial charge in [0, 0.05) is 32.7 Å². The van der Waals surface area contributed by atoms with E-state index in [4.69, 9.17) is 27.9 Å². The summed E-state index contributed by atoms with van der Waals surface area (Å²) >= 11 is 13.5. The number of alkyl halides is 3. The lowest BCUT2D eigenvalue weighted by atomic mass is 9.94. The summed E-state index contributed by atoms with van der Waals surface area (Å²) in [7, 11) is 0. The van der Waals surface area contributed by atoms with Crippen LogP contribution in [0.4, 0.5) is 13.2 Å². The molecule has 3 nitrogen and oxygen atoms in total. The molecule has 9 heteroatoms. The van der Waals surface area contributed by atoms with Crippen LogP contribution in [0.15, 0.2) is 53.1 Å². The number of hydrogen-bond donors (Lipinski definition) is 2. The molecule has 3 atom stereocenters. The Balaban J connectivity index is 1.65. The van der Waals surface area contributed by atoms with E-state index in [0.29, 0.717) is 21.2 Å². The SMILES string of the molecule is CC(CSc1ccc(C(F)(F)F)cc1)C1CC(O)=C(c2ccc(Cl)cc2Cl)C(O)O1. The van der Waals surface area contributed by atoms with Crippen LogP contribution < -0.4 is 0 Å². The summed E-state index contributed by atoms with van der Waals surface area (Å²) in [4.78, 5) is 0.694. The highest BCUT2D eigenvalue weighted by molar-refractivity contribution is 7.99. The fourth-order valence-corrected chi connectivity index (χ4v) is 4.64. The van der Waals surface area contributed by atoms with Crippen molar-refractivity contribution in [2.75, 3.05) is 5.75 Å². The van der Waals surface area contributed by atoms with E-state index in [1.807, 2.05) is 6.92 Å². The summed E-state index contributed by atoms with van der Waals surface area (Å²) in [5.74, 6) is 0.429. The van der Waals surface area contributed by atoms with Crippen molar-refractivity contribution in [1.82, 2.24) is 0 Å². The van der Waals surface area contributed by atoms with Crippen LogP contribution in [0.25, 0.3) is 5.57 Å². The average molecular weight is 479 g/mol. The van der Waals surface area contributed by atoms with Gasteiger partial charge in [0.05, 0.1) is 17.2 Å². The Morgan fingerprint density at radius 1 is 1.17 bits per heavy atom. The molecule has 1 aliphatic heterocycles. The number of halogens is 5. The van der Waals surface area contributed by atoms with Crippen LogP contribution in [0.3, 0.4) is 0 Å². The minimum absolute atomic E-state index is 0.0191. The molecule has 1 heterocycles. The number of benzene rings is 2. The van der Waals surface area contributed by atoms with Gasteiger partial charge in [-0.3, -0.25) is 0 Å². The average Bonchev–Trinajstić information content (AvgIpc) is 2.66. The maximum Gasteiger partial charge on any atom is 0.416 e. The van der Waals surface area contributed by atoms with Crippen LogP contribution in [-0.4, -0.2) is 28.4 Å². The van der Waals surface area contributed by atoms with Crippen molar-refractivity contribution in [1.29, 1.82) is 0 Å². The minimum atomic E-state index is -4.36. The van der Waals surface area contributed by atoms with Crippen molar-refractivity contribution >= 4 is 40.5 Å². The molecule has 2 aromatic carbocycles. The number of thioether (sulfide) groups is 1. The molecule has 2 N–H and O–H groups in total. The largest absolute Gasteiger partial charge is 0.512 e. The van der Waals surface area contributed by atoms with Crippen molar-refractivity contribution < 1.29 is 28.1 Å². The topological polar surface area (TPSA) is 49.7 Å². The molecule has 0 bridgehead atoms. The second kappa shape index (κ2) is 9.40. The molecular weight excluding hydrogens is 460 g/mol. The van der Waals surface area contributed by atoms with E-state index in [0.717, 1.165) is 12.1 Å². The van der Waals surface area contributed by atoms with Crippen molar-refractivity contribution in [3.63, 3.8) is 0 Å². The van der Waals surface area contributed by atoms with Crippen LogP contribution in [0.5, 0.6) is 0 Å². The van der Waals surface area contributed by atoms with Crippen LogP contribution in [-0.2, 0) is 10.9 Å². The van der Waals surface area contributed by atoms with Gasteiger partial charge in [-0.2, -0.15) is 13.2 Å². The highest BCUT2D eigenvalue weighted by Gasteiger charge is 2.34. The molecule has 30 heavy (non-hydrogen) atoms. The highest BCUT2D eigenvalue weighted by Crippen LogP contribution is 2.38. The second-order valence-electron chi connectivity index (χ2n) is 7.03. The van der Waals surface area contributed by atoms with E-state index < -0.39 is 24.1 Å². The molecule has 3 rings (SSSR count). The molecule has 162 valence electrons. The fraction of sp³-hybridized carbons (Fsp3) is 0.333. The Labute approximate surface area is 186 Å². The number of aliphatic hydroxyl groups excluding tert-OH is 2. The molecule has 2 aromatic rings. The summed E-state index contributed by atoms with van der Waals surface area (Å²) in [6, 6.07) is 9.66. The van der Waals surface area contributed by atoms with Gasteiger partial charge in [-0.1, -0.05) is 36.2 Å². The predicted molar refractivity (Wildman–Crippen MR) is 113 cm³/mol. The van der Waals surface area contributed by atoms with E-state index in [-0.39, 0.29) is 28.7 Å². The van der Waals surface area contributed by atoms with Crippen LogP contribution in [0.2, 0.25) is 10.0 Å². The molecule has 0 fully saturated rings. The molecule has 3 unspecified atom stereocenters. The molecule has 0 saturated carbocycles. The first-order valence-corrected chi connectivity index (χ1v) is 10.8. The highest BCUT2D eigenvalue weighted by atomic mass is 35.5. The van der Waals surface area contributed by atoms with Gasteiger partial charge in [-0.15, -0.1) is 11.8 Å². The van der Waals surface area contributed by atoms with Crippen molar-refractivity contribution in [2.45, 2.75) is 36.8 Å². The van der Waals surface area contributed by atoms with Gasteiger partial charge in [0.1, 0.15) is 5.76 Å². The summed E-state index contributed by atoms with van der Waals surface area (Å²) in [6.45, 7) is 1.89. The molecular formula is C21H19Cl2F3O3S. The number of ether oxygens (including phenoxy) is 1. The normalized spacial score (nSPS) is 21.0. The van der Waals surface area contributed by atoms with E-state index in [1.54, 1.807) is 12.1 Å². The molecule has 0 amide bonds. The Kier molecular flexibility index (Phi) is 7.30. The van der Waals surface area contributed by atoms with Crippen molar-refractivity contribution in [3.05, 3.63) is 69.4 Å². The zero-order valence-corrected chi connectivity index (χ0v) is 18.1. The maximum atomic E-state index is 12.7. The Morgan fingerprint density at radius 2 is 1.83 bits per heavy atom. The number of aliphatic hydroxyl groups is 2. The Hall–Kier alpha value is -1.38. The molecule has 0 saturated heterocycles. The van der Waals surface area contributed by atoms with Crippen molar-refractivity contribution in [2.24, 2.45) is 5.92 Å². The first-order chi connectivity index (χ1) is 14.1. The smallest absolute Gasteiger partial charge is 0.416 e. The summed E-state index contributed by atoms with van der Waals surface area (Å²) < 4.78 is 43.7. The van der Waals surface area contributed by atoms with Crippen LogP contribution >= 0.6 is 35.0 Å². The zero-order valence-electron chi connectivity index (χ0n) is 15.8. The lowest BCUT2D eigenvalue weighted by Crippen LogP contribution is -2.34. The summed E-state index contributed by atoms with van der Waals surface area (Å²) in [5.41, 5.74) is -0.0473. The third-order valence-corrected chi connectivity index (χ3v) is 6.65. The van der Waals surface area contributed by atoms with Gasteiger partial charge in [0.25, 0.3) is 0 Å². The molecule has 0 radical (unpaired) electrons. The predicted octanol–water partition coefficient (Wildman–Crippen LogP) is 6.82. The number of hydrogen-bond acceptors (Lipinski definition) is 4. The fourth-order valence-electron chi connectivity index (χ4n) is 3.13. The van der Waals surface area contributed by atoms with E-state index in [9.17, 15) is 23.4 Å². The van der Waals surface area contributed by atoms with Gasteiger partial charge in [-0.25, -0.2) is 0 Å². The minimum Gasteiger partial charge on any atom is -0.512 e. The first kappa shape index (κ1) is 23.3. The first-order valence-electron chi connectivity index (χ1n) is 9.07. The Bertz CT molecular complexity index is 932. The summed E-state index contributed by atoms with van der Waals surface area (Å²) in [5, 5.41) is 21.7. The number of rotatable bonds is 5. The molecule has 0 spiro atoms. The van der Waals surface area contributed by atoms with Gasteiger partial charge in [0.2, 0.25) is 0 Å². The monoisotopic (exact) mass is 478 g/mol. The van der Waals surface area contributed by atoms with Crippen LogP contribution in [0.1, 0.15) is 24.5 Å². The zero-order chi connectivity index (χ0) is 22.1. The van der Waals surface area contributed by atoms with Crippen molar-refractivity contribution in [3.8, 4) is 0 Å². The lowest BCUT2D eigenvalue weighted by Gasteiger charge is -2.33. The molecule has 0 aliphatic carbocycles. The maximum absolute atomic E-state index is 12.7. The molecule has 1 aliphatic rings. The quantitative estimate of drug-likeness (QED) is 0.463. The standard InChI is InChI=1S/C21H19Cl2F3O3S/c1-11(10-30-14-5-2-12(3-6-14)21(24,25)26)18-9-17(27)19(20(28)29-18)15-7-4-13(22)8-16(15)23/h2-8,11,18,20,27-28H,9-10H2,1H3. The van der Waals surface area contributed by atoms with Gasteiger partial charge >= 0.3 is 6.18 Å². The van der Waals surface area contributed by atoms with Crippen LogP contribution in [0, 0.1) is 5.92 Å². The molecule has 0 aromatic heterocycles. The second-order valence-corrected chi connectivity index (χ2v) is 8.96. The Morgan fingerprint density at radius 3 is 2.40 bits per heavy atom. The van der Waals surface area contributed by atoms with E-state index in [1.165, 1.54) is 30.0 Å². The summed E-state index contributed by atoms with van der Waals surface area (Å²) in [6.07, 6.45) is -6.00. The third-order valence-electron chi connectivity index (χ3n) is 4.81. The third kappa shape index (κ3) is 5.45. The van der Waals surface area contributed by atoms with Gasteiger partial charge in [0.15, 0.2) is 6.29 Å². The van der Waals surface area contributed by atoms with Gasteiger partial charge in [-0.05, 0) is 42.3 Å². The van der Waals surface area contributed by atoms with E-state index >= 15 is 0 Å². The lowest BCUT2D eigenvalue weighted by molar-refractivity contribution is -0.137.